The minimum absolute atomic E-state index is 0.0232. The summed E-state index contributed by atoms with van der Waals surface area (Å²) in [5.41, 5.74) is 2.59. The van der Waals surface area contributed by atoms with Gasteiger partial charge in [0.25, 0.3) is 0 Å². The van der Waals surface area contributed by atoms with E-state index in [4.69, 9.17) is 8.85 Å². The Kier molecular flexibility index (Phi) is 4.78. The fourth-order valence-electron chi connectivity index (χ4n) is 5.74. The predicted octanol–water partition coefficient (Wildman–Crippen LogP) is 4.20. The van der Waals surface area contributed by atoms with Crippen LogP contribution >= 0.6 is 0 Å². The predicted molar refractivity (Wildman–Crippen MR) is 132 cm³/mol. The van der Waals surface area contributed by atoms with Gasteiger partial charge in [0, 0.05) is 41.4 Å². The second-order valence-electron chi connectivity index (χ2n) is 10.2. The van der Waals surface area contributed by atoms with Crippen LogP contribution < -0.4 is 15.0 Å². The number of hydrogen-bond donors (Lipinski definition) is 2. The number of anilines is 1. The maximum Gasteiger partial charge on any atom is 0.233 e. The van der Waals surface area contributed by atoms with Crippen molar-refractivity contribution in [3.05, 3.63) is 42.6 Å². The Morgan fingerprint density at radius 1 is 1.06 bits per heavy atom. The van der Waals surface area contributed by atoms with E-state index in [1.165, 1.54) is 31.5 Å². The zero-order valence-electron chi connectivity index (χ0n) is 22.7. The molecule has 2 fully saturated rings. The lowest BCUT2D eigenvalue weighted by atomic mass is 9.69. The molecule has 0 amide bonds. The highest BCUT2D eigenvalue weighted by molar-refractivity contribution is 5.74. The molecule has 34 heavy (non-hydrogen) atoms. The summed E-state index contributed by atoms with van der Waals surface area (Å²) in [6, 6.07) is 10.8. The van der Waals surface area contributed by atoms with Crippen LogP contribution in [0.1, 0.15) is 50.1 Å². The average molecular weight is 464 g/mol. The largest absolute Gasteiger partial charge is 0.507 e. The first-order valence-electron chi connectivity index (χ1n) is 13.1. The molecular weight excluding hydrogens is 428 g/mol. The smallest absolute Gasteiger partial charge is 0.233 e. The van der Waals surface area contributed by atoms with Gasteiger partial charge in [0.15, 0.2) is 5.82 Å². The van der Waals surface area contributed by atoms with Gasteiger partial charge in [0.2, 0.25) is 5.88 Å². The number of ether oxygens (including phenoxy) is 1. The first kappa shape index (κ1) is 19.1. The van der Waals surface area contributed by atoms with Gasteiger partial charge < -0.3 is 20.1 Å². The van der Waals surface area contributed by atoms with E-state index in [2.05, 4.69) is 51.5 Å². The van der Waals surface area contributed by atoms with Gasteiger partial charge in [-0.25, -0.2) is 0 Å². The fourth-order valence-corrected chi connectivity index (χ4v) is 5.74. The molecule has 8 nitrogen and oxygen atoms in total. The van der Waals surface area contributed by atoms with Gasteiger partial charge in [-0.2, -0.15) is 5.10 Å². The van der Waals surface area contributed by atoms with Gasteiger partial charge in [-0.3, -0.25) is 0 Å². The number of aromatic nitrogens is 4. The van der Waals surface area contributed by atoms with Gasteiger partial charge in [0.05, 0.1) is 23.0 Å². The standard InChI is InChI=1S/C26H32N6O2/c1-25-10-5-11-26(2,31-25)15-19(14-25)32(3)23-9-8-21(28-29-23)20-7-6-17(12-22(20)33)18-13-24(34-4)30-27-16-18/h6-9,12-13,16,19,31,33H,5,10-11,14-15H2,1-4H3/t19?,25-,26+/i4D3. The summed E-state index contributed by atoms with van der Waals surface area (Å²) in [7, 11) is -0.539. The van der Waals surface area contributed by atoms with Gasteiger partial charge in [0.1, 0.15) is 5.75 Å². The molecule has 5 rings (SSSR count). The van der Waals surface area contributed by atoms with Crippen LogP contribution in [0.25, 0.3) is 22.4 Å². The van der Waals surface area contributed by atoms with E-state index >= 15 is 0 Å². The third-order valence-corrected chi connectivity index (χ3v) is 7.34. The number of nitrogens with zero attached hydrogens (tertiary/aromatic N) is 5. The van der Waals surface area contributed by atoms with Crippen molar-refractivity contribution in [3.8, 4) is 34.0 Å². The van der Waals surface area contributed by atoms with Crippen molar-refractivity contribution in [2.75, 3.05) is 19.0 Å². The highest BCUT2D eigenvalue weighted by Gasteiger charge is 2.46. The zero-order chi connectivity index (χ0) is 26.4. The van der Waals surface area contributed by atoms with Gasteiger partial charge in [-0.15, -0.1) is 15.3 Å². The van der Waals surface area contributed by atoms with Crippen LogP contribution in [0.2, 0.25) is 0 Å². The van der Waals surface area contributed by atoms with E-state index in [0.717, 1.165) is 18.7 Å². The average Bonchev–Trinajstić information content (AvgIpc) is 2.81. The second kappa shape index (κ2) is 8.51. The van der Waals surface area contributed by atoms with Crippen molar-refractivity contribution >= 4 is 5.82 Å². The van der Waals surface area contributed by atoms with Crippen LogP contribution in [0.3, 0.4) is 0 Å². The molecule has 0 spiro atoms. The molecule has 2 N–H and O–H groups in total. The van der Waals surface area contributed by atoms with Crippen LogP contribution in [-0.4, -0.2) is 56.7 Å². The molecule has 2 aliphatic rings. The molecule has 3 atom stereocenters. The van der Waals surface area contributed by atoms with Crippen LogP contribution in [0, 0.1) is 0 Å². The van der Waals surface area contributed by atoms with Crippen molar-refractivity contribution < 1.29 is 14.0 Å². The number of phenolic OH excluding ortho intramolecular Hbond substituents is 1. The summed E-state index contributed by atoms with van der Waals surface area (Å²) >= 11 is 0. The lowest BCUT2D eigenvalue weighted by Crippen LogP contribution is -2.66. The van der Waals surface area contributed by atoms with Crippen molar-refractivity contribution in [2.45, 2.75) is 63.1 Å². The Morgan fingerprint density at radius 3 is 2.53 bits per heavy atom. The lowest BCUT2D eigenvalue weighted by Gasteiger charge is -2.55. The number of nitrogens with one attached hydrogen (secondary N) is 1. The van der Waals surface area contributed by atoms with Crippen LogP contribution in [0.15, 0.2) is 42.6 Å². The third-order valence-electron chi connectivity index (χ3n) is 7.34. The number of piperidine rings is 2. The molecular formula is C26H32N6O2. The molecule has 2 saturated heterocycles. The quantitative estimate of drug-likeness (QED) is 0.581. The van der Waals surface area contributed by atoms with Crippen molar-refractivity contribution in [2.24, 2.45) is 0 Å². The third kappa shape index (κ3) is 4.30. The molecule has 2 aliphatic heterocycles. The number of phenols is 1. The Morgan fingerprint density at radius 2 is 1.85 bits per heavy atom. The molecule has 0 saturated carbocycles. The Balaban J connectivity index is 1.33. The second-order valence-corrected chi connectivity index (χ2v) is 10.2. The maximum atomic E-state index is 10.8. The molecule has 0 radical (unpaired) electrons. The summed E-state index contributed by atoms with van der Waals surface area (Å²) in [6.07, 6.45) is 7.25. The van der Waals surface area contributed by atoms with E-state index in [1.54, 1.807) is 18.2 Å². The summed E-state index contributed by atoms with van der Waals surface area (Å²) in [5.74, 6) is 0.712. The number of hydrogen-bond acceptors (Lipinski definition) is 8. The Hall–Kier alpha value is -3.26. The Labute approximate surface area is 204 Å². The highest BCUT2D eigenvalue weighted by atomic mass is 16.5. The van der Waals surface area contributed by atoms with E-state index in [1.807, 2.05) is 12.1 Å². The summed E-state index contributed by atoms with van der Waals surface area (Å²) in [4.78, 5) is 2.23. The summed E-state index contributed by atoms with van der Waals surface area (Å²) in [5, 5.41) is 31.0. The molecule has 1 unspecified atom stereocenters. The lowest BCUT2D eigenvalue weighted by molar-refractivity contribution is 0.0784. The topological polar surface area (TPSA) is 96.3 Å². The zero-order valence-corrected chi connectivity index (χ0v) is 19.7. The Bertz CT molecular complexity index is 1270. The van der Waals surface area contributed by atoms with Crippen molar-refractivity contribution in [1.82, 2.24) is 25.7 Å². The number of aromatic hydroxyl groups is 1. The minimum atomic E-state index is -2.62. The number of benzene rings is 1. The van der Waals surface area contributed by atoms with Gasteiger partial charge in [-0.1, -0.05) is 6.07 Å². The molecule has 2 bridgehead atoms. The SMILES string of the molecule is [2H]C([2H])([2H])Oc1cc(-c2ccc(-c3ccc(N(C)C4C[C@]5(C)CCC[C@](C)(C4)N5)nn3)c(O)c2)cnn1. The normalized spacial score (nSPS) is 27.9. The number of rotatable bonds is 5. The van der Waals surface area contributed by atoms with Crippen LogP contribution in [0.5, 0.6) is 11.6 Å². The fraction of sp³-hybridized carbons (Fsp3) is 0.462. The molecule has 2 aromatic heterocycles. The van der Waals surface area contributed by atoms with Gasteiger partial charge >= 0.3 is 0 Å². The van der Waals surface area contributed by atoms with E-state index < -0.39 is 7.04 Å². The first-order valence-corrected chi connectivity index (χ1v) is 11.6. The summed E-state index contributed by atoms with van der Waals surface area (Å²) < 4.78 is 26.5. The van der Waals surface area contributed by atoms with Gasteiger partial charge in [-0.05, 0) is 75.8 Å². The molecule has 3 aromatic rings. The van der Waals surface area contributed by atoms with Crippen LogP contribution in [0.4, 0.5) is 5.82 Å². The highest BCUT2D eigenvalue weighted by Crippen LogP contribution is 2.42. The van der Waals surface area contributed by atoms with E-state index in [-0.39, 0.29) is 22.7 Å². The molecule has 0 aliphatic carbocycles. The first-order chi connectivity index (χ1) is 17.4. The molecule has 178 valence electrons. The summed E-state index contributed by atoms with van der Waals surface area (Å²) in [6.45, 7) is 4.66. The molecule has 8 heteroatoms. The number of fused-ring (bicyclic) bond motifs is 2. The van der Waals surface area contributed by atoms with Crippen molar-refractivity contribution in [1.29, 1.82) is 0 Å². The maximum absolute atomic E-state index is 10.8. The van der Waals surface area contributed by atoms with E-state index in [0.29, 0.717) is 28.4 Å². The van der Waals surface area contributed by atoms with Crippen LogP contribution in [-0.2, 0) is 0 Å². The van der Waals surface area contributed by atoms with Crippen molar-refractivity contribution in [3.63, 3.8) is 0 Å². The minimum Gasteiger partial charge on any atom is -0.507 e. The molecule has 4 heterocycles. The monoisotopic (exact) mass is 463 g/mol. The van der Waals surface area contributed by atoms with E-state index in [9.17, 15) is 5.11 Å². The number of methoxy groups -OCH3 is 1. The molecule has 1 aromatic carbocycles.